The average molecular weight is 200 g/mol. The number of hydrogen-bond acceptors (Lipinski definition) is 1. The molecule has 0 saturated heterocycles. The third kappa shape index (κ3) is 5.05. The molecule has 1 N–H and O–H groups in total. The lowest BCUT2D eigenvalue weighted by Crippen LogP contribution is -2.01. The maximum Gasteiger partial charge on any atom is 0.115 e. The number of benzene rings is 1. The van der Waals surface area contributed by atoms with Crippen molar-refractivity contribution in [2.24, 2.45) is 0 Å². The smallest absolute Gasteiger partial charge is 0.115 e. The SMILES string of the molecule is C=CCCCC(O)C#Cc1ccccc1. The first-order chi connectivity index (χ1) is 7.33. The largest absolute Gasteiger partial charge is 0.380 e. The van der Waals surface area contributed by atoms with E-state index in [0.717, 1.165) is 18.4 Å². The van der Waals surface area contributed by atoms with Crippen LogP contribution < -0.4 is 0 Å². The Morgan fingerprint density at radius 1 is 1.33 bits per heavy atom. The summed E-state index contributed by atoms with van der Waals surface area (Å²) in [6, 6.07) is 9.70. The number of rotatable bonds is 4. The molecule has 0 saturated carbocycles. The Kier molecular flexibility index (Phi) is 5.29. The van der Waals surface area contributed by atoms with Gasteiger partial charge in [-0.3, -0.25) is 0 Å². The second-order valence-corrected chi connectivity index (χ2v) is 3.37. The van der Waals surface area contributed by atoms with Gasteiger partial charge in [-0.25, -0.2) is 0 Å². The molecule has 0 heterocycles. The second-order valence-electron chi connectivity index (χ2n) is 3.37. The predicted molar refractivity (Wildman–Crippen MR) is 63.4 cm³/mol. The Labute approximate surface area is 91.5 Å². The van der Waals surface area contributed by atoms with Gasteiger partial charge in [0, 0.05) is 5.56 Å². The highest BCUT2D eigenvalue weighted by Gasteiger charge is 1.96. The molecule has 0 aliphatic rings. The van der Waals surface area contributed by atoms with Crippen LogP contribution in [0, 0.1) is 11.8 Å². The molecule has 0 fully saturated rings. The van der Waals surface area contributed by atoms with Crippen molar-refractivity contribution in [1.29, 1.82) is 0 Å². The molecule has 15 heavy (non-hydrogen) atoms. The number of aliphatic hydroxyl groups excluding tert-OH is 1. The molecular formula is C14H16O. The molecule has 1 aromatic carbocycles. The molecule has 0 radical (unpaired) electrons. The molecule has 1 aromatic rings. The van der Waals surface area contributed by atoms with Crippen LogP contribution in [-0.2, 0) is 0 Å². The van der Waals surface area contributed by atoms with Crippen LogP contribution in [0.5, 0.6) is 0 Å². The van der Waals surface area contributed by atoms with E-state index in [1.807, 2.05) is 36.4 Å². The van der Waals surface area contributed by atoms with Crippen molar-refractivity contribution in [3.05, 3.63) is 48.6 Å². The van der Waals surface area contributed by atoms with E-state index in [9.17, 15) is 5.11 Å². The van der Waals surface area contributed by atoms with Crippen molar-refractivity contribution in [2.45, 2.75) is 25.4 Å². The first-order valence-electron chi connectivity index (χ1n) is 5.18. The Hall–Kier alpha value is -1.52. The van der Waals surface area contributed by atoms with Gasteiger partial charge in [0.15, 0.2) is 0 Å². The monoisotopic (exact) mass is 200 g/mol. The van der Waals surface area contributed by atoms with Crippen LogP contribution in [0.4, 0.5) is 0 Å². The van der Waals surface area contributed by atoms with Gasteiger partial charge in [-0.1, -0.05) is 36.1 Å². The van der Waals surface area contributed by atoms with Crippen LogP contribution in [0.1, 0.15) is 24.8 Å². The summed E-state index contributed by atoms with van der Waals surface area (Å²) in [5, 5.41) is 9.53. The summed E-state index contributed by atoms with van der Waals surface area (Å²) in [5.74, 6) is 5.77. The molecule has 1 unspecified atom stereocenters. The van der Waals surface area contributed by atoms with E-state index in [1.54, 1.807) is 0 Å². The van der Waals surface area contributed by atoms with Crippen molar-refractivity contribution >= 4 is 0 Å². The third-order valence-electron chi connectivity index (χ3n) is 2.04. The fourth-order valence-electron chi connectivity index (χ4n) is 1.22. The summed E-state index contributed by atoms with van der Waals surface area (Å²) in [4.78, 5) is 0. The van der Waals surface area contributed by atoms with Crippen molar-refractivity contribution < 1.29 is 5.11 Å². The molecule has 1 atom stereocenters. The van der Waals surface area contributed by atoms with Crippen molar-refractivity contribution in [1.82, 2.24) is 0 Å². The highest BCUT2D eigenvalue weighted by atomic mass is 16.3. The molecule has 0 aliphatic heterocycles. The van der Waals surface area contributed by atoms with Crippen LogP contribution in [0.3, 0.4) is 0 Å². The minimum absolute atomic E-state index is 0.523. The highest BCUT2D eigenvalue weighted by molar-refractivity contribution is 5.34. The highest BCUT2D eigenvalue weighted by Crippen LogP contribution is 2.01. The van der Waals surface area contributed by atoms with Gasteiger partial charge in [0.1, 0.15) is 6.10 Å². The fraction of sp³-hybridized carbons (Fsp3) is 0.286. The topological polar surface area (TPSA) is 20.2 Å². The van der Waals surface area contributed by atoms with Crippen LogP contribution >= 0.6 is 0 Å². The quantitative estimate of drug-likeness (QED) is 0.450. The van der Waals surface area contributed by atoms with Gasteiger partial charge in [-0.05, 0) is 31.4 Å². The number of unbranched alkanes of at least 4 members (excludes halogenated alkanes) is 1. The van der Waals surface area contributed by atoms with E-state index in [1.165, 1.54) is 0 Å². The molecule has 0 bridgehead atoms. The van der Waals surface area contributed by atoms with E-state index < -0.39 is 6.10 Å². The lowest BCUT2D eigenvalue weighted by atomic mass is 10.1. The van der Waals surface area contributed by atoms with Crippen molar-refractivity contribution in [3.63, 3.8) is 0 Å². The lowest BCUT2D eigenvalue weighted by Gasteiger charge is -2.00. The normalized spacial score (nSPS) is 11.3. The maximum absolute atomic E-state index is 9.53. The molecule has 1 rings (SSSR count). The molecule has 0 spiro atoms. The zero-order valence-corrected chi connectivity index (χ0v) is 8.82. The summed E-state index contributed by atoms with van der Waals surface area (Å²) < 4.78 is 0. The van der Waals surface area contributed by atoms with Gasteiger partial charge in [-0.2, -0.15) is 0 Å². The summed E-state index contributed by atoms with van der Waals surface area (Å²) in [7, 11) is 0. The summed E-state index contributed by atoms with van der Waals surface area (Å²) >= 11 is 0. The minimum atomic E-state index is -0.523. The zero-order chi connectivity index (χ0) is 10.9. The van der Waals surface area contributed by atoms with Crippen molar-refractivity contribution in [2.75, 3.05) is 0 Å². The molecule has 1 nitrogen and oxygen atoms in total. The van der Waals surface area contributed by atoms with E-state index in [4.69, 9.17) is 0 Å². The molecule has 78 valence electrons. The maximum atomic E-state index is 9.53. The summed E-state index contributed by atoms with van der Waals surface area (Å²) in [6.07, 6.45) is 3.92. The standard InChI is InChI=1S/C14H16O/c1-2-3-5-10-14(15)12-11-13-8-6-4-7-9-13/h2,4,6-9,14-15H,1,3,5,10H2. The van der Waals surface area contributed by atoms with Crippen LogP contribution in [0.15, 0.2) is 43.0 Å². The average Bonchev–Trinajstić information content (AvgIpc) is 2.28. The van der Waals surface area contributed by atoms with Gasteiger partial charge in [-0.15, -0.1) is 6.58 Å². The summed E-state index contributed by atoms with van der Waals surface area (Å²) in [6.45, 7) is 3.63. The van der Waals surface area contributed by atoms with E-state index in [2.05, 4.69) is 18.4 Å². The van der Waals surface area contributed by atoms with Crippen LogP contribution in [0.2, 0.25) is 0 Å². The number of allylic oxidation sites excluding steroid dienone is 1. The van der Waals surface area contributed by atoms with Gasteiger partial charge in [0.2, 0.25) is 0 Å². The second kappa shape index (κ2) is 6.86. The van der Waals surface area contributed by atoms with E-state index in [-0.39, 0.29) is 0 Å². The minimum Gasteiger partial charge on any atom is -0.380 e. The van der Waals surface area contributed by atoms with E-state index >= 15 is 0 Å². The Morgan fingerprint density at radius 3 is 2.73 bits per heavy atom. The van der Waals surface area contributed by atoms with E-state index in [0.29, 0.717) is 6.42 Å². The zero-order valence-electron chi connectivity index (χ0n) is 8.82. The van der Waals surface area contributed by atoms with Crippen LogP contribution in [-0.4, -0.2) is 11.2 Å². The molecule has 0 amide bonds. The Morgan fingerprint density at radius 2 is 2.07 bits per heavy atom. The fourth-order valence-corrected chi connectivity index (χ4v) is 1.22. The Balaban J connectivity index is 2.40. The Bertz CT molecular complexity index is 343. The van der Waals surface area contributed by atoms with Crippen LogP contribution in [0.25, 0.3) is 0 Å². The summed E-state index contributed by atoms with van der Waals surface area (Å²) in [5.41, 5.74) is 0.945. The molecule has 0 aromatic heterocycles. The molecular weight excluding hydrogens is 184 g/mol. The van der Waals surface area contributed by atoms with Gasteiger partial charge in [0.05, 0.1) is 0 Å². The van der Waals surface area contributed by atoms with Gasteiger partial charge < -0.3 is 5.11 Å². The van der Waals surface area contributed by atoms with Crippen molar-refractivity contribution in [3.8, 4) is 11.8 Å². The first-order valence-corrected chi connectivity index (χ1v) is 5.18. The molecule has 1 heteroatoms. The van der Waals surface area contributed by atoms with Gasteiger partial charge in [0.25, 0.3) is 0 Å². The third-order valence-corrected chi connectivity index (χ3v) is 2.04. The molecule has 0 aliphatic carbocycles. The number of hydrogen-bond donors (Lipinski definition) is 1. The lowest BCUT2D eigenvalue weighted by molar-refractivity contribution is 0.219. The number of aliphatic hydroxyl groups is 1. The predicted octanol–water partition coefficient (Wildman–Crippen LogP) is 2.76. The first kappa shape index (κ1) is 11.6. The van der Waals surface area contributed by atoms with Gasteiger partial charge >= 0.3 is 0 Å².